The number of Topliss-reactive ketones (excluding diaryl/α,β-unsaturated/α-hetero) is 1. The lowest BCUT2D eigenvalue weighted by Crippen LogP contribution is -2.54. The largest absolute Gasteiger partial charge is 0.354 e. The number of amides is 1. The van der Waals surface area contributed by atoms with Crippen molar-refractivity contribution in [3.05, 3.63) is 0 Å². The first-order valence-corrected chi connectivity index (χ1v) is 7.22. The molecule has 0 aromatic heterocycles. The van der Waals surface area contributed by atoms with E-state index in [4.69, 9.17) is 0 Å². The predicted molar refractivity (Wildman–Crippen MR) is 77.4 cm³/mol. The highest BCUT2D eigenvalue weighted by Crippen LogP contribution is 2.24. The van der Waals surface area contributed by atoms with Crippen LogP contribution < -0.4 is 10.6 Å². The number of rotatable bonds is 9. The highest BCUT2D eigenvalue weighted by Gasteiger charge is 2.46. The minimum Gasteiger partial charge on any atom is -0.354 e. The Kier molecular flexibility index (Phi) is 7.92. The molecule has 0 aromatic carbocycles. The number of carbonyl (C=O) groups excluding carboxylic acids is 2. The van der Waals surface area contributed by atoms with Crippen molar-refractivity contribution in [2.75, 3.05) is 24.6 Å². The molecule has 0 heterocycles. The van der Waals surface area contributed by atoms with Gasteiger partial charge in [-0.15, -0.1) is 0 Å². The molecular weight excluding hydrogens is 294 g/mol. The van der Waals surface area contributed by atoms with E-state index in [0.717, 1.165) is 0 Å². The topological polar surface area (TPSA) is 58.2 Å². The lowest BCUT2D eigenvalue weighted by Gasteiger charge is -2.27. The molecule has 0 spiro atoms. The summed E-state index contributed by atoms with van der Waals surface area (Å²) in [4.78, 5) is 23.4. The van der Waals surface area contributed by atoms with Gasteiger partial charge >= 0.3 is 0 Å². The number of carbonyl (C=O) groups is 2. The van der Waals surface area contributed by atoms with Gasteiger partial charge < -0.3 is 5.32 Å². The van der Waals surface area contributed by atoms with Gasteiger partial charge in [-0.1, -0.05) is 6.92 Å². The normalized spacial score (nSPS) is 17.4. The van der Waals surface area contributed by atoms with E-state index in [1.165, 1.54) is 0 Å². The summed E-state index contributed by atoms with van der Waals surface area (Å²) in [6.45, 7) is 3.62. The Morgan fingerprint density at radius 2 is 1.68 bits per heavy atom. The maximum atomic E-state index is 14.3. The second kappa shape index (κ2) is 8.06. The summed E-state index contributed by atoms with van der Waals surface area (Å²) >= 11 is 7.48. The fourth-order valence-corrected chi connectivity index (χ4v) is 1.99. The van der Waals surface area contributed by atoms with Gasteiger partial charge in [0.25, 0.3) is 5.91 Å². The number of hydrogen-bond acceptors (Lipinski definition) is 5. The molecule has 0 saturated carbocycles. The summed E-state index contributed by atoms with van der Waals surface area (Å²) in [5.41, 5.74) is -2.52. The monoisotopic (exact) mass is 314 g/mol. The van der Waals surface area contributed by atoms with E-state index in [9.17, 15) is 18.4 Å². The van der Waals surface area contributed by atoms with E-state index in [-0.39, 0.29) is 13.1 Å². The van der Waals surface area contributed by atoms with E-state index in [1.54, 1.807) is 13.8 Å². The molecule has 0 aliphatic carbocycles. The number of alkyl halides is 2. The Labute approximate surface area is 122 Å². The van der Waals surface area contributed by atoms with Crippen LogP contribution >= 0.6 is 25.3 Å². The van der Waals surface area contributed by atoms with E-state index in [1.807, 2.05) is 0 Å². The van der Waals surface area contributed by atoms with Crippen molar-refractivity contribution in [2.45, 2.75) is 31.7 Å². The summed E-state index contributed by atoms with van der Waals surface area (Å²) < 4.78 is 28.5. The average molecular weight is 314 g/mol. The van der Waals surface area contributed by atoms with Gasteiger partial charge in [0, 0.05) is 18.1 Å². The highest BCUT2D eigenvalue weighted by atomic mass is 32.1. The standard InChI is InChI=1S/C11H20F2N2O2S2/c1-3-14-9(17)10(12,6-18)5-8(16)11(13,7-19)15-4-2/h15,18-19H,3-7H2,1-2H3,(H,14,17)/t10-,11-/m1/s1. The minimum atomic E-state index is -2.52. The smallest absolute Gasteiger partial charge is 0.259 e. The third kappa shape index (κ3) is 4.92. The zero-order valence-corrected chi connectivity index (χ0v) is 12.8. The van der Waals surface area contributed by atoms with Gasteiger partial charge in [0.1, 0.15) is 0 Å². The molecule has 0 radical (unpaired) electrons. The van der Waals surface area contributed by atoms with Crippen LogP contribution in [0, 0.1) is 0 Å². The van der Waals surface area contributed by atoms with Gasteiger partial charge in [0.2, 0.25) is 11.5 Å². The number of thiol groups is 2. The lowest BCUT2D eigenvalue weighted by molar-refractivity contribution is -0.141. The quantitative estimate of drug-likeness (QED) is 0.378. The predicted octanol–water partition coefficient (Wildman–Crippen LogP) is 0.925. The van der Waals surface area contributed by atoms with Crippen molar-refractivity contribution in [1.29, 1.82) is 0 Å². The van der Waals surface area contributed by atoms with E-state index in [0.29, 0.717) is 0 Å². The van der Waals surface area contributed by atoms with Crippen LogP contribution in [0.1, 0.15) is 20.3 Å². The molecule has 0 bridgehead atoms. The van der Waals surface area contributed by atoms with E-state index >= 15 is 0 Å². The molecule has 0 rings (SSSR count). The maximum Gasteiger partial charge on any atom is 0.259 e. The number of likely N-dealkylation sites (N-methyl/N-ethyl adjacent to an activating group) is 1. The van der Waals surface area contributed by atoms with Gasteiger partial charge in [-0.25, -0.2) is 8.78 Å². The van der Waals surface area contributed by atoms with Gasteiger partial charge in [0.15, 0.2) is 5.78 Å². The molecular formula is C11H20F2N2O2S2. The van der Waals surface area contributed by atoms with Crippen molar-refractivity contribution >= 4 is 36.9 Å². The third-order valence-corrected chi connectivity index (χ3v) is 3.49. The molecule has 2 atom stereocenters. The summed E-state index contributed by atoms with van der Waals surface area (Å²) in [5.74, 6) is -5.38. The first-order chi connectivity index (χ1) is 8.79. The molecule has 112 valence electrons. The SMILES string of the molecule is CCNC(=O)[C@](F)(CS)CC(=O)[C@@](F)(CS)NCC. The third-order valence-electron chi connectivity index (χ3n) is 2.55. The Hall–Kier alpha value is -0.340. The van der Waals surface area contributed by atoms with Crippen LogP contribution in [0.3, 0.4) is 0 Å². The lowest BCUT2D eigenvalue weighted by atomic mass is 9.95. The molecule has 19 heavy (non-hydrogen) atoms. The zero-order chi connectivity index (χ0) is 15.1. The summed E-state index contributed by atoms with van der Waals surface area (Å²) in [7, 11) is 0. The molecule has 0 unspecified atom stereocenters. The molecule has 0 aliphatic heterocycles. The molecule has 2 N–H and O–H groups in total. The van der Waals surface area contributed by atoms with Gasteiger partial charge in [-0.3, -0.25) is 14.9 Å². The van der Waals surface area contributed by atoms with Crippen LogP contribution in [0.5, 0.6) is 0 Å². The molecule has 1 amide bonds. The molecule has 0 fully saturated rings. The first-order valence-electron chi connectivity index (χ1n) is 5.95. The van der Waals surface area contributed by atoms with Crippen LogP contribution in [0.2, 0.25) is 0 Å². The summed E-state index contributed by atoms with van der Waals surface area (Å²) in [6, 6.07) is 0. The Balaban J connectivity index is 4.96. The van der Waals surface area contributed by atoms with E-state index < -0.39 is 41.1 Å². The summed E-state index contributed by atoms with van der Waals surface area (Å²) in [5, 5.41) is 4.58. The Morgan fingerprint density at radius 1 is 1.11 bits per heavy atom. The Morgan fingerprint density at radius 3 is 2.05 bits per heavy atom. The molecule has 4 nitrogen and oxygen atoms in total. The van der Waals surface area contributed by atoms with Crippen LogP contribution in [-0.2, 0) is 9.59 Å². The van der Waals surface area contributed by atoms with Crippen molar-refractivity contribution in [3.63, 3.8) is 0 Å². The van der Waals surface area contributed by atoms with Crippen LogP contribution in [0.4, 0.5) is 8.78 Å². The number of nitrogens with one attached hydrogen (secondary N) is 2. The minimum absolute atomic E-state index is 0.185. The fraction of sp³-hybridized carbons (Fsp3) is 0.818. The van der Waals surface area contributed by atoms with Crippen LogP contribution in [0.15, 0.2) is 0 Å². The van der Waals surface area contributed by atoms with Crippen molar-refractivity contribution < 1.29 is 18.4 Å². The molecule has 0 saturated heterocycles. The maximum absolute atomic E-state index is 14.3. The van der Waals surface area contributed by atoms with Crippen LogP contribution in [0.25, 0.3) is 0 Å². The van der Waals surface area contributed by atoms with Crippen molar-refractivity contribution in [1.82, 2.24) is 10.6 Å². The molecule has 0 aliphatic rings. The zero-order valence-electron chi connectivity index (χ0n) is 11.0. The number of halogens is 2. The summed E-state index contributed by atoms with van der Waals surface area (Å²) in [6.07, 6.45) is -0.883. The second-order valence-corrected chi connectivity index (χ2v) is 4.70. The van der Waals surface area contributed by atoms with E-state index in [2.05, 4.69) is 35.9 Å². The fourth-order valence-electron chi connectivity index (χ4n) is 1.44. The second-order valence-electron chi connectivity index (χ2n) is 4.07. The first kappa shape index (κ1) is 18.7. The average Bonchev–Trinajstić information content (AvgIpc) is 2.38. The molecule has 0 aromatic rings. The van der Waals surface area contributed by atoms with Crippen molar-refractivity contribution in [3.8, 4) is 0 Å². The van der Waals surface area contributed by atoms with Gasteiger partial charge in [0.05, 0.1) is 6.42 Å². The van der Waals surface area contributed by atoms with Crippen LogP contribution in [-0.4, -0.2) is 47.7 Å². The number of hydrogen-bond donors (Lipinski definition) is 4. The van der Waals surface area contributed by atoms with Gasteiger partial charge in [-0.2, -0.15) is 25.3 Å². The number of ketones is 1. The Bertz CT molecular complexity index is 334. The molecule has 8 heteroatoms. The van der Waals surface area contributed by atoms with Crippen molar-refractivity contribution in [2.24, 2.45) is 0 Å². The van der Waals surface area contributed by atoms with Gasteiger partial charge in [-0.05, 0) is 13.5 Å². The highest BCUT2D eigenvalue weighted by molar-refractivity contribution is 7.80.